The molecule has 0 unspecified atom stereocenters. The molecule has 0 bridgehead atoms. The van der Waals surface area contributed by atoms with Crippen LogP contribution < -0.4 is 18.9 Å². The zero-order chi connectivity index (χ0) is 37.5. The summed E-state index contributed by atoms with van der Waals surface area (Å²) in [6.07, 6.45) is 12.0. The summed E-state index contributed by atoms with van der Waals surface area (Å²) in [6, 6.07) is 19.3. The normalized spacial score (nSPS) is 9.78. The van der Waals surface area contributed by atoms with E-state index in [1.165, 1.54) is 18.6 Å². The molecule has 0 N–H and O–H groups in total. The van der Waals surface area contributed by atoms with E-state index in [9.17, 15) is 14.4 Å². The Bertz CT molecular complexity index is 1430. The molecule has 0 amide bonds. The average Bonchev–Trinajstić information content (AvgIpc) is 3.16. The van der Waals surface area contributed by atoms with Crippen LogP contribution in [0, 0.1) is 6.92 Å². The molecule has 0 saturated heterocycles. The SMILES string of the molecule is C=CC(=O)OCCCCCCOc1ccc(C(=O)Oc2ccc(OC)cc2C)cc1.C=CC=O.COCCCCCCOc1ccc(C=O)cc1. The molecule has 0 aliphatic rings. The molecule has 51 heavy (non-hydrogen) atoms. The van der Waals surface area contributed by atoms with Crippen LogP contribution in [0.1, 0.15) is 77.6 Å². The number of methoxy groups -OCH3 is 2. The van der Waals surface area contributed by atoms with Crippen molar-refractivity contribution in [2.75, 3.05) is 40.6 Å². The summed E-state index contributed by atoms with van der Waals surface area (Å²) in [5, 5.41) is 0. The molecule has 0 heterocycles. The van der Waals surface area contributed by atoms with Crippen molar-refractivity contribution in [3.63, 3.8) is 0 Å². The van der Waals surface area contributed by atoms with Crippen molar-refractivity contribution in [1.82, 2.24) is 0 Å². The predicted octanol–water partition coefficient (Wildman–Crippen LogP) is 8.35. The lowest BCUT2D eigenvalue weighted by molar-refractivity contribution is -0.137. The summed E-state index contributed by atoms with van der Waals surface area (Å²) in [5.74, 6) is 1.93. The van der Waals surface area contributed by atoms with Gasteiger partial charge in [0.2, 0.25) is 0 Å². The van der Waals surface area contributed by atoms with E-state index >= 15 is 0 Å². The van der Waals surface area contributed by atoms with Crippen molar-refractivity contribution in [2.45, 2.75) is 58.3 Å². The highest BCUT2D eigenvalue weighted by molar-refractivity contribution is 5.91. The minimum absolute atomic E-state index is 0.384. The molecular weight excluding hydrogens is 652 g/mol. The number of rotatable bonds is 22. The number of esters is 2. The van der Waals surface area contributed by atoms with E-state index in [4.69, 9.17) is 33.2 Å². The Kier molecular flexibility index (Phi) is 24.6. The molecule has 3 aromatic rings. The van der Waals surface area contributed by atoms with Gasteiger partial charge in [-0.05, 0) is 130 Å². The first-order valence-corrected chi connectivity index (χ1v) is 16.9. The van der Waals surface area contributed by atoms with Gasteiger partial charge in [0.15, 0.2) is 0 Å². The zero-order valence-corrected chi connectivity index (χ0v) is 30.1. The Morgan fingerprint density at radius 1 is 0.667 bits per heavy atom. The van der Waals surface area contributed by atoms with E-state index in [0.717, 1.165) is 75.8 Å². The van der Waals surface area contributed by atoms with E-state index in [0.29, 0.717) is 47.9 Å². The third-order valence-corrected chi connectivity index (χ3v) is 7.02. The van der Waals surface area contributed by atoms with Crippen molar-refractivity contribution in [2.24, 2.45) is 0 Å². The van der Waals surface area contributed by atoms with Gasteiger partial charge in [-0.3, -0.25) is 9.59 Å². The number of hydrogen-bond acceptors (Lipinski definition) is 10. The summed E-state index contributed by atoms with van der Waals surface area (Å²) in [7, 11) is 3.32. The summed E-state index contributed by atoms with van der Waals surface area (Å²) < 4.78 is 31.8. The van der Waals surface area contributed by atoms with Gasteiger partial charge in [0, 0.05) is 25.4 Å². The number of aldehydes is 2. The molecule has 0 saturated carbocycles. The van der Waals surface area contributed by atoms with Gasteiger partial charge in [0.1, 0.15) is 35.6 Å². The minimum atomic E-state index is -0.424. The van der Waals surface area contributed by atoms with Crippen LogP contribution in [-0.2, 0) is 19.1 Å². The van der Waals surface area contributed by atoms with Crippen LogP contribution in [-0.4, -0.2) is 65.2 Å². The molecule has 0 aliphatic heterocycles. The van der Waals surface area contributed by atoms with Crippen molar-refractivity contribution >= 4 is 24.5 Å². The van der Waals surface area contributed by atoms with E-state index in [1.807, 2.05) is 25.1 Å². The second-order valence-electron chi connectivity index (χ2n) is 11.0. The standard InChI is InChI=1S/C24H28O6.C14H20O3.C3H4O/c1-4-23(25)29-16-8-6-5-7-15-28-20-11-9-19(10-12-20)24(26)30-22-14-13-21(27-3)17-18(22)2;1-16-10-4-2-3-5-11-17-14-8-6-13(12-15)7-9-14;1-2-3-4/h4,9-14,17H,1,5-8,15-16H2,2-3H3;6-9,12H,2-5,10-11H2,1H3;2-3H,1H2. The van der Waals surface area contributed by atoms with Crippen LogP contribution in [0.3, 0.4) is 0 Å². The fraction of sp³-hybridized carbons (Fsp3) is 0.366. The lowest BCUT2D eigenvalue weighted by atomic mass is 10.2. The Balaban J connectivity index is 0.000000520. The summed E-state index contributed by atoms with van der Waals surface area (Å²) in [4.78, 5) is 42.8. The van der Waals surface area contributed by atoms with Gasteiger partial charge in [0.05, 0.1) is 32.5 Å². The number of carbonyl (C=O) groups excluding carboxylic acids is 4. The van der Waals surface area contributed by atoms with Gasteiger partial charge < -0.3 is 28.4 Å². The van der Waals surface area contributed by atoms with Crippen LogP contribution in [0.25, 0.3) is 0 Å². The smallest absolute Gasteiger partial charge is 0.343 e. The molecule has 0 radical (unpaired) electrons. The number of unbranched alkanes of at least 4 members (excludes halogenated alkanes) is 6. The van der Waals surface area contributed by atoms with Crippen molar-refractivity contribution < 1.29 is 47.6 Å². The predicted molar refractivity (Wildman–Crippen MR) is 198 cm³/mol. The highest BCUT2D eigenvalue weighted by Crippen LogP contribution is 2.24. The monoisotopic (exact) mass is 704 g/mol. The van der Waals surface area contributed by atoms with Crippen LogP contribution in [0.5, 0.6) is 23.0 Å². The van der Waals surface area contributed by atoms with Crippen molar-refractivity contribution in [3.05, 3.63) is 109 Å². The zero-order valence-electron chi connectivity index (χ0n) is 30.1. The molecule has 3 aromatic carbocycles. The molecule has 0 aromatic heterocycles. The van der Waals surface area contributed by atoms with Crippen LogP contribution >= 0.6 is 0 Å². The quantitative estimate of drug-likeness (QED) is 0.0331. The van der Waals surface area contributed by atoms with Crippen LogP contribution in [0.2, 0.25) is 0 Å². The van der Waals surface area contributed by atoms with Crippen molar-refractivity contribution in [1.29, 1.82) is 0 Å². The number of benzene rings is 3. The minimum Gasteiger partial charge on any atom is -0.497 e. The summed E-state index contributed by atoms with van der Waals surface area (Å²) in [5.41, 5.74) is 1.95. The topological polar surface area (TPSA) is 124 Å². The summed E-state index contributed by atoms with van der Waals surface area (Å²) >= 11 is 0. The highest BCUT2D eigenvalue weighted by atomic mass is 16.5. The second-order valence-corrected chi connectivity index (χ2v) is 11.0. The third-order valence-electron chi connectivity index (χ3n) is 7.02. The van der Waals surface area contributed by atoms with Gasteiger partial charge in [-0.25, -0.2) is 9.59 Å². The maximum absolute atomic E-state index is 12.3. The van der Waals surface area contributed by atoms with Gasteiger partial charge in [-0.2, -0.15) is 0 Å². The van der Waals surface area contributed by atoms with Crippen LogP contribution in [0.4, 0.5) is 0 Å². The van der Waals surface area contributed by atoms with Gasteiger partial charge >= 0.3 is 11.9 Å². The van der Waals surface area contributed by atoms with Gasteiger partial charge in [-0.1, -0.05) is 19.6 Å². The maximum Gasteiger partial charge on any atom is 0.343 e. The molecule has 0 spiro atoms. The fourth-order valence-electron chi connectivity index (χ4n) is 4.22. The van der Waals surface area contributed by atoms with Gasteiger partial charge in [0.25, 0.3) is 0 Å². The first-order chi connectivity index (χ1) is 24.8. The maximum atomic E-state index is 12.3. The number of carbonyl (C=O) groups is 4. The molecule has 10 heteroatoms. The average molecular weight is 705 g/mol. The van der Waals surface area contributed by atoms with E-state index in [2.05, 4.69) is 13.2 Å². The second kappa shape index (κ2) is 28.6. The Hall–Kier alpha value is -5.22. The number of aryl methyl sites for hydroxylation is 1. The number of ether oxygens (including phenoxy) is 6. The van der Waals surface area contributed by atoms with E-state index in [1.54, 1.807) is 62.8 Å². The van der Waals surface area contributed by atoms with Crippen LogP contribution in [0.15, 0.2) is 92.0 Å². The molecular formula is C41H52O10. The first-order valence-electron chi connectivity index (χ1n) is 16.9. The molecule has 0 atom stereocenters. The molecule has 276 valence electrons. The van der Waals surface area contributed by atoms with E-state index in [-0.39, 0.29) is 5.97 Å². The number of allylic oxidation sites excluding steroid dienone is 1. The largest absolute Gasteiger partial charge is 0.497 e. The third kappa shape index (κ3) is 20.8. The lowest BCUT2D eigenvalue weighted by Gasteiger charge is -2.10. The number of hydrogen-bond donors (Lipinski definition) is 0. The first kappa shape index (κ1) is 43.8. The summed E-state index contributed by atoms with van der Waals surface area (Å²) in [6.45, 7) is 10.9. The Morgan fingerprint density at radius 3 is 1.65 bits per heavy atom. The van der Waals surface area contributed by atoms with Gasteiger partial charge in [-0.15, -0.1) is 0 Å². The molecule has 0 fully saturated rings. The molecule has 0 aliphatic carbocycles. The Labute approximate surface area is 302 Å². The van der Waals surface area contributed by atoms with Crippen molar-refractivity contribution in [3.8, 4) is 23.0 Å². The molecule has 3 rings (SSSR count). The Morgan fingerprint density at radius 2 is 1.18 bits per heavy atom. The molecule has 10 nitrogen and oxygen atoms in total. The lowest BCUT2D eigenvalue weighted by Crippen LogP contribution is -2.09. The van der Waals surface area contributed by atoms with E-state index < -0.39 is 5.97 Å². The fourth-order valence-corrected chi connectivity index (χ4v) is 4.22. The highest BCUT2D eigenvalue weighted by Gasteiger charge is 2.11.